The van der Waals surface area contributed by atoms with Crippen molar-refractivity contribution in [3.05, 3.63) is 73.1 Å². The van der Waals surface area contributed by atoms with E-state index in [9.17, 15) is 0 Å². The quantitative estimate of drug-likeness (QED) is 0.439. The molecule has 0 spiro atoms. The molecule has 0 aliphatic carbocycles. The van der Waals surface area contributed by atoms with Gasteiger partial charge in [-0.05, 0) is 48.4 Å². The van der Waals surface area contributed by atoms with Gasteiger partial charge < -0.3 is 9.55 Å². The van der Waals surface area contributed by atoms with E-state index in [-0.39, 0.29) is 0 Å². The van der Waals surface area contributed by atoms with Crippen molar-refractivity contribution >= 4 is 21.9 Å². The van der Waals surface area contributed by atoms with E-state index in [0.29, 0.717) is 0 Å². The van der Waals surface area contributed by atoms with E-state index in [1.807, 2.05) is 50.9 Å². The number of hydrogen-bond donors (Lipinski definition) is 2. The minimum atomic E-state index is 0.755. The Morgan fingerprint density at radius 3 is 2.58 bits per heavy atom. The molecule has 6 rings (SSSR count). The van der Waals surface area contributed by atoms with Crippen LogP contribution in [0.4, 0.5) is 0 Å². The van der Waals surface area contributed by atoms with Crippen LogP contribution in [0.15, 0.2) is 67.3 Å². The summed E-state index contributed by atoms with van der Waals surface area (Å²) in [6.07, 6.45) is 7.36. The summed E-state index contributed by atoms with van der Waals surface area (Å²) in [6, 6.07) is 14.6. The summed E-state index contributed by atoms with van der Waals surface area (Å²) in [7, 11) is 2.01. The normalized spacial score (nSPS) is 11.5. The average Bonchev–Trinajstić information content (AvgIpc) is 3.50. The highest BCUT2D eigenvalue weighted by Crippen LogP contribution is 2.34. The van der Waals surface area contributed by atoms with Gasteiger partial charge in [0.1, 0.15) is 11.5 Å². The van der Waals surface area contributed by atoms with Crippen LogP contribution in [0.3, 0.4) is 0 Å². The van der Waals surface area contributed by atoms with Crippen molar-refractivity contribution in [1.29, 1.82) is 0 Å². The fourth-order valence-electron chi connectivity index (χ4n) is 4.09. The summed E-state index contributed by atoms with van der Waals surface area (Å²) < 4.78 is 2.06. The molecule has 7 heteroatoms. The first-order valence-corrected chi connectivity index (χ1v) is 10.0. The maximum atomic E-state index is 4.59. The number of H-pyrrole nitrogens is 2. The first kappa shape index (κ1) is 17.6. The molecule has 5 aromatic heterocycles. The van der Waals surface area contributed by atoms with E-state index < -0.39 is 0 Å². The van der Waals surface area contributed by atoms with E-state index >= 15 is 0 Å². The molecule has 0 radical (unpaired) electrons. The number of aryl methyl sites for hydroxylation is 1. The molecule has 0 aliphatic rings. The minimum absolute atomic E-state index is 0.755. The molecule has 0 saturated carbocycles. The summed E-state index contributed by atoms with van der Waals surface area (Å²) >= 11 is 0. The Morgan fingerprint density at radius 1 is 0.903 bits per heavy atom. The van der Waals surface area contributed by atoms with Gasteiger partial charge in [-0.2, -0.15) is 5.10 Å². The second kappa shape index (κ2) is 6.63. The Balaban J connectivity index is 1.52. The summed E-state index contributed by atoms with van der Waals surface area (Å²) in [6.45, 7) is 1.99. The molecule has 150 valence electrons. The lowest BCUT2D eigenvalue weighted by molar-refractivity contribution is 0.865. The SMILES string of the molecule is Cc1ncc(-c2cnc3[nH]nc(-c4cc5c(-c6ccncc6)cccc5[nH]4)c3c2)n1C. The van der Waals surface area contributed by atoms with Crippen molar-refractivity contribution in [2.45, 2.75) is 6.92 Å². The van der Waals surface area contributed by atoms with Crippen molar-refractivity contribution in [1.82, 2.24) is 34.7 Å². The number of fused-ring (bicyclic) bond motifs is 2. The molecule has 7 nitrogen and oxygen atoms in total. The Kier molecular flexibility index (Phi) is 3.76. The average molecular weight is 405 g/mol. The highest BCUT2D eigenvalue weighted by molar-refractivity contribution is 6.01. The van der Waals surface area contributed by atoms with Crippen molar-refractivity contribution in [3.8, 4) is 33.8 Å². The first-order valence-electron chi connectivity index (χ1n) is 10.0. The third-order valence-electron chi connectivity index (χ3n) is 5.84. The first-order chi connectivity index (χ1) is 15.2. The molecule has 5 heterocycles. The largest absolute Gasteiger partial charge is 0.353 e. The van der Waals surface area contributed by atoms with Gasteiger partial charge in [0.2, 0.25) is 0 Å². The van der Waals surface area contributed by atoms with Crippen molar-refractivity contribution in [2.75, 3.05) is 0 Å². The topological polar surface area (TPSA) is 88.1 Å². The summed E-state index contributed by atoms with van der Waals surface area (Å²) in [5.74, 6) is 0.960. The smallest absolute Gasteiger partial charge is 0.155 e. The maximum Gasteiger partial charge on any atom is 0.155 e. The van der Waals surface area contributed by atoms with Crippen LogP contribution in [-0.4, -0.2) is 34.7 Å². The van der Waals surface area contributed by atoms with Crippen molar-refractivity contribution in [3.63, 3.8) is 0 Å². The maximum absolute atomic E-state index is 4.59. The number of rotatable bonds is 3. The van der Waals surface area contributed by atoms with E-state index in [2.05, 4.69) is 65.0 Å². The van der Waals surface area contributed by atoms with Crippen LogP contribution in [-0.2, 0) is 7.05 Å². The fraction of sp³-hybridized carbons (Fsp3) is 0.0833. The predicted molar refractivity (Wildman–Crippen MR) is 121 cm³/mol. The van der Waals surface area contributed by atoms with Crippen LogP contribution in [0.2, 0.25) is 0 Å². The fourth-order valence-corrected chi connectivity index (χ4v) is 4.09. The molecule has 2 N–H and O–H groups in total. The zero-order valence-corrected chi connectivity index (χ0v) is 17.1. The highest BCUT2D eigenvalue weighted by atomic mass is 15.2. The van der Waals surface area contributed by atoms with Gasteiger partial charge in [0.05, 0.1) is 17.6 Å². The van der Waals surface area contributed by atoms with Gasteiger partial charge in [0.25, 0.3) is 0 Å². The van der Waals surface area contributed by atoms with Crippen LogP contribution in [0, 0.1) is 6.92 Å². The Labute approximate surface area is 177 Å². The van der Waals surface area contributed by atoms with Gasteiger partial charge in [-0.15, -0.1) is 0 Å². The van der Waals surface area contributed by atoms with Gasteiger partial charge in [-0.3, -0.25) is 10.1 Å². The van der Waals surface area contributed by atoms with Gasteiger partial charge in [0.15, 0.2) is 5.65 Å². The molecule has 0 amide bonds. The number of nitrogens with one attached hydrogen (secondary N) is 2. The summed E-state index contributed by atoms with van der Waals surface area (Å²) in [5.41, 5.74) is 7.93. The second-order valence-electron chi connectivity index (χ2n) is 7.63. The van der Waals surface area contributed by atoms with Crippen molar-refractivity contribution in [2.24, 2.45) is 7.05 Å². The zero-order chi connectivity index (χ0) is 20.9. The zero-order valence-electron chi connectivity index (χ0n) is 17.1. The molecule has 0 bridgehead atoms. The van der Waals surface area contributed by atoms with E-state index in [1.54, 1.807) is 0 Å². The number of aromatic amines is 2. The lowest BCUT2D eigenvalue weighted by Crippen LogP contribution is -1.94. The van der Waals surface area contributed by atoms with Crippen LogP contribution in [0.25, 0.3) is 55.7 Å². The van der Waals surface area contributed by atoms with Gasteiger partial charge in [-0.25, -0.2) is 9.97 Å². The number of aromatic nitrogens is 7. The molecule has 0 fully saturated rings. The Hall–Kier alpha value is -4.26. The number of nitrogens with zero attached hydrogens (tertiary/aromatic N) is 5. The van der Waals surface area contributed by atoms with Crippen LogP contribution < -0.4 is 0 Å². The molecule has 0 aliphatic heterocycles. The van der Waals surface area contributed by atoms with E-state index in [0.717, 1.165) is 61.5 Å². The second-order valence-corrected chi connectivity index (χ2v) is 7.63. The van der Waals surface area contributed by atoms with Gasteiger partial charge >= 0.3 is 0 Å². The lowest BCUT2D eigenvalue weighted by Gasteiger charge is -2.04. The number of hydrogen-bond acceptors (Lipinski definition) is 4. The Morgan fingerprint density at radius 2 is 1.77 bits per heavy atom. The molecular formula is C24H19N7. The summed E-state index contributed by atoms with van der Waals surface area (Å²) in [4.78, 5) is 16.7. The third kappa shape index (κ3) is 2.74. The molecular weight excluding hydrogens is 386 g/mol. The molecule has 6 aromatic rings. The number of pyridine rings is 2. The minimum Gasteiger partial charge on any atom is -0.353 e. The molecule has 31 heavy (non-hydrogen) atoms. The molecule has 0 unspecified atom stereocenters. The van der Waals surface area contributed by atoms with Crippen LogP contribution >= 0.6 is 0 Å². The number of imidazole rings is 1. The monoisotopic (exact) mass is 405 g/mol. The van der Waals surface area contributed by atoms with Gasteiger partial charge in [0, 0.05) is 47.5 Å². The van der Waals surface area contributed by atoms with E-state index in [1.165, 1.54) is 0 Å². The van der Waals surface area contributed by atoms with Crippen molar-refractivity contribution < 1.29 is 0 Å². The molecule has 0 atom stereocenters. The van der Waals surface area contributed by atoms with Crippen LogP contribution in [0.5, 0.6) is 0 Å². The predicted octanol–water partition coefficient (Wildman–Crippen LogP) is 4.88. The summed E-state index contributed by atoms with van der Waals surface area (Å²) in [5, 5.41) is 9.75. The van der Waals surface area contributed by atoms with Gasteiger partial charge in [-0.1, -0.05) is 12.1 Å². The molecule has 1 aromatic carbocycles. The Bertz CT molecular complexity index is 1550. The lowest BCUT2D eigenvalue weighted by atomic mass is 10.0. The third-order valence-corrected chi connectivity index (χ3v) is 5.84. The number of benzene rings is 1. The highest BCUT2D eigenvalue weighted by Gasteiger charge is 2.16. The van der Waals surface area contributed by atoms with Crippen LogP contribution in [0.1, 0.15) is 5.82 Å². The molecule has 0 saturated heterocycles. The van der Waals surface area contributed by atoms with E-state index in [4.69, 9.17) is 0 Å². The standard InChI is InChI=1S/C24H19N7/c1-14-26-13-22(31(14)2)16-10-19-23(29-30-24(19)27-12-16)21-11-18-17(4-3-5-20(18)28-21)15-6-8-25-9-7-15/h3-13,28H,1-2H3,(H,27,29,30).